The van der Waals surface area contributed by atoms with Gasteiger partial charge in [-0.25, -0.2) is 9.79 Å². The maximum Gasteiger partial charge on any atom is 0.234 e. The van der Waals surface area contributed by atoms with Crippen LogP contribution in [0.25, 0.3) is 0 Å². The number of hydrogen-bond acceptors (Lipinski definition) is 3. The van der Waals surface area contributed by atoms with Gasteiger partial charge in [-0.05, 0) is 19.8 Å². The quantitative estimate of drug-likeness (QED) is 0.247. The third kappa shape index (κ3) is 10.9. The van der Waals surface area contributed by atoms with Crippen molar-refractivity contribution in [2.24, 2.45) is 4.99 Å². The van der Waals surface area contributed by atoms with E-state index < -0.39 is 0 Å². The number of nitrogens with zero attached hydrogens (tertiary/aromatic N) is 1. The summed E-state index contributed by atoms with van der Waals surface area (Å²) in [6.45, 7) is 3.36. The highest BCUT2D eigenvalue weighted by atomic mass is 16.5. The van der Waals surface area contributed by atoms with Crippen LogP contribution in [0.4, 0.5) is 0 Å². The molecular formula is C11H19NO2. The second kappa shape index (κ2) is 11.9. The molecule has 80 valence electrons. The molecule has 0 aliphatic carbocycles. The number of allylic oxidation sites excluding steroid dienone is 1. The van der Waals surface area contributed by atoms with Crippen molar-refractivity contribution in [1.82, 2.24) is 0 Å². The molecule has 0 rings (SSSR count). The van der Waals surface area contributed by atoms with E-state index in [9.17, 15) is 4.79 Å². The van der Waals surface area contributed by atoms with Crippen LogP contribution in [0.2, 0.25) is 0 Å². The van der Waals surface area contributed by atoms with E-state index in [4.69, 9.17) is 4.74 Å². The highest BCUT2D eigenvalue weighted by Crippen LogP contribution is 2.03. The largest absolute Gasteiger partial charge is 0.502 e. The van der Waals surface area contributed by atoms with Crippen molar-refractivity contribution in [2.45, 2.75) is 39.0 Å². The van der Waals surface area contributed by atoms with Crippen molar-refractivity contribution in [3.05, 3.63) is 12.3 Å². The van der Waals surface area contributed by atoms with E-state index in [0.29, 0.717) is 6.54 Å². The Morgan fingerprint density at radius 2 is 1.93 bits per heavy atom. The summed E-state index contributed by atoms with van der Waals surface area (Å²) in [6, 6.07) is 0. The minimum absolute atomic E-state index is 0.624. The summed E-state index contributed by atoms with van der Waals surface area (Å²) in [5.74, 6) is 0. The lowest BCUT2D eigenvalue weighted by atomic mass is 10.1. The molecule has 0 bridgehead atoms. The average molecular weight is 197 g/mol. The maximum atomic E-state index is 9.73. The van der Waals surface area contributed by atoms with Crippen LogP contribution in [0.3, 0.4) is 0 Å². The monoisotopic (exact) mass is 197 g/mol. The summed E-state index contributed by atoms with van der Waals surface area (Å²) in [6.07, 6.45) is 10.7. The van der Waals surface area contributed by atoms with E-state index in [2.05, 4.69) is 4.99 Å². The van der Waals surface area contributed by atoms with Gasteiger partial charge in [0.15, 0.2) is 0 Å². The normalized spacial score (nSPS) is 10.1. The highest BCUT2D eigenvalue weighted by molar-refractivity contribution is 5.32. The van der Waals surface area contributed by atoms with Gasteiger partial charge in [0.2, 0.25) is 6.08 Å². The number of isocyanates is 1. The van der Waals surface area contributed by atoms with Crippen LogP contribution >= 0.6 is 0 Å². The summed E-state index contributed by atoms with van der Waals surface area (Å²) in [5, 5.41) is 0. The number of ether oxygens (including phenoxy) is 1. The Hall–Kier alpha value is -1.08. The Balaban J connectivity index is 2.95. The Kier molecular flexibility index (Phi) is 11.0. The molecule has 0 aliphatic rings. The van der Waals surface area contributed by atoms with Crippen molar-refractivity contribution >= 4 is 6.08 Å². The number of aliphatic imine (C=N–C) groups is 1. The molecule has 0 amide bonds. The van der Waals surface area contributed by atoms with Gasteiger partial charge in [0, 0.05) is 0 Å². The topological polar surface area (TPSA) is 38.7 Å². The van der Waals surface area contributed by atoms with Gasteiger partial charge >= 0.3 is 0 Å². The molecule has 0 fully saturated rings. The van der Waals surface area contributed by atoms with E-state index in [1.54, 1.807) is 12.3 Å². The maximum absolute atomic E-state index is 9.73. The van der Waals surface area contributed by atoms with Gasteiger partial charge in [-0.2, -0.15) is 0 Å². The molecule has 0 atom stereocenters. The molecule has 0 aromatic rings. The predicted molar refractivity (Wildman–Crippen MR) is 56.8 cm³/mol. The molecule has 0 unspecified atom stereocenters. The van der Waals surface area contributed by atoms with E-state index in [-0.39, 0.29) is 0 Å². The molecule has 0 saturated carbocycles. The average Bonchev–Trinajstić information content (AvgIpc) is 2.21. The van der Waals surface area contributed by atoms with Crippen LogP contribution in [-0.2, 0) is 9.53 Å². The molecule has 0 N–H and O–H groups in total. The number of hydrogen-bond donors (Lipinski definition) is 0. The third-order valence-electron chi connectivity index (χ3n) is 1.83. The molecule has 0 aromatic heterocycles. The molecule has 0 aliphatic heterocycles. The van der Waals surface area contributed by atoms with E-state index in [1.807, 2.05) is 13.0 Å². The van der Waals surface area contributed by atoms with Crippen molar-refractivity contribution in [3.8, 4) is 0 Å². The van der Waals surface area contributed by atoms with Gasteiger partial charge in [-0.3, -0.25) is 0 Å². The molecule has 0 aromatic carbocycles. The zero-order chi connectivity index (χ0) is 10.5. The SMILES string of the molecule is CC=COCCCCCCCN=C=O. The Morgan fingerprint density at radius 3 is 2.64 bits per heavy atom. The summed E-state index contributed by atoms with van der Waals surface area (Å²) >= 11 is 0. The van der Waals surface area contributed by atoms with Gasteiger partial charge in [0.1, 0.15) is 0 Å². The predicted octanol–water partition coefficient (Wildman–Crippen LogP) is 2.82. The van der Waals surface area contributed by atoms with Gasteiger partial charge in [-0.1, -0.05) is 25.3 Å². The van der Waals surface area contributed by atoms with Crippen molar-refractivity contribution in [1.29, 1.82) is 0 Å². The standard InChI is InChI=1S/C11H19NO2/c1-2-9-14-10-7-5-3-4-6-8-12-11-13/h2,9H,3-8,10H2,1H3. The summed E-state index contributed by atoms with van der Waals surface area (Å²) < 4.78 is 5.18. The Morgan fingerprint density at radius 1 is 1.21 bits per heavy atom. The molecule has 14 heavy (non-hydrogen) atoms. The van der Waals surface area contributed by atoms with Gasteiger partial charge in [0.05, 0.1) is 19.4 Å². The first-order valence-electron chi connectivity index (χ1n) is 5.18. The molecule has 0 heterocycles. The molecule has 3 heteroatoms. The summed E-state index contributed by atoms with van der Waals surface area (Å²) in [7, 11) is 0. The fraction of sp³-hybridized carbons (Fsp3) is 0.727. The summed E-state index contributed by atoms with van der Waals surface area (Å²) in [4.78, 5) is 13.2. The number of unbranched alkanes of at least 4 members (excludes halogenated alkanes) is 4. The van der Waals surface area contributed by atoms with Crippen LogP contribution in [0.5, 0.6) is 0 Å². The van der Waals surface area contributed by atoms with Gasteiger partial charge in [0.25, 0.3) is 0 Å². The van der Waals surface area contributed by atoms with E-state index in [1.165, 1.54) is 12.8 Å². The zero-order valence-corrected chi connectivity index (χ0v) is 8.87. The van der Waals surface area contributed by atoms with Gasteiger partial charge < -0.3 is 4.74 Å². The first-order valence-corrected chi connectivity index (χ1v) is 5.18. The molecule has 0 spiro atoms. The lowest BCUT2D eigenvalue weighted by molar-refractivity contribution is 0.240. The van der Waals surface area contributed by atoms with E-state index in [0.717, 1.165) is 25.9 Å². The fourth-order valence-corrected chi connectivity index (χ4v) is 1.12. The lowest BCUT2D eigenvalue weighted by Crippen LogP contribution is -1.88. The van der Waals surface area contributed by atoms with Crippen molar-refractivity contribution in [2.75, 3.05) is 13.2 Å². The fourth-order valence-electron chi connectivity index (χ4n) is 1.12. The molecular weight excluding hydrogens is 178 g/mol. The number of carbonyl (C=O) groups excluding carboxylic acids is 1. The molecule has 0 saturated heterocycles. The molecule has 0 radical (unpaired) electrons. The zero-order valence-electron chi connectivity index (χ0n) is 8.87. The van der Waals surface area contributed by atoms with Crippen molar-refractivity contribution in [3.63, 3.8) is 0 Å². The smallest absolute Gasteiger partial charge is 0.234 e. The Bertz CT molecular complexity index is 184. The lowest BCUT2D eigenvalue weighted by Gasteiger charge is -2.00. The highest BCUT2D eigenvalue weighted by Gasteiger charge is 1.89. The van der Waals surface area contributed by atoms with Crippen LogP contribution in [-0.4, -0.2) is 19.2 Å². The van der Waals surface area contributed by atoms with Crippen LogP contribution in [0.1, 0.15) is 39.0 Å². The van der Waals surface area contributed by atoms with Gasteiger partial charge in [-0.15, -0.1) is 0 Å². The summed E-state index contributed by atoms with van der Waals surface area (Å²) in [5.41, 5.74) is 0. The molecule has 3 nitrogen and oxygen atoms in total. The Labute approximate surface area is 85.9 Å². The van der Waals surface area contributed by atoms with Crippen LogP contribution in [0.15, 0.2) is 17.3 Å². The number of rotatable bonds is 9. The minimum atomic E-state index is 0.624. The van der Waals surface area contributed by atoms with Crippen molar-refractivity contribution < 1.29 is 9.53 Å². The first-order chi connectivity index (χ1) is 6.91. The third-order valence-corrected chi connectivity index (χ3v) is 1.83. The first kappa shape index (κ1) is 12.9. The van der Waals surface area contributed by atoms with Crippen LogP contribution in [0, 0.1) is 0 Å². The van der Waals surface area contributed by atoms with Crippen LogP contribution < -0.4 is 0 Å². The minimum Gasteiger partial charge on any atom is -0.502 e. The van der Waals surface area contributed by atoms with E-state index >= 15 is 0 Å². The second-order valence-electron chi connectivity index (χ2n) is 3.08. The second-order valence-corrected chi connectivity index (χ2v) is 3.08.